The topological polar surface area (TPSA) is 73.1 Å². The number of rotatable bonds is 4. The molecule has 0 amide bonds. The maximum atomic E-state index is 12.7. The van der Waals surface area contributed by atoms with Gasteiger partial charge in [0.05, 0.1) is 23.2 Å². The molecule has 1 aromatic rings. The third-order valence-electron chi connectivity index (χ3n) is 2.30. The van der Waals surface area contributed by atoms with Gasteiger partial charge in [0, 0.05) is 6.26 Å². The molecule has 0 aliphatic heterocycles. The Labute approximate surface area is 94.6 Å². The minimum Gasteiger partial charge on any atom is -0.320 e. The van der Waals surface area contributed by atoms with Crippen LogP contribution >= 0.6 is 0 Å². The third kappa shape index (κ3) is 3.86. The summed E-state index contributed by atoms with van der Waals surface area (Å²) in [7, 11) is -3.06. The van der Waals surface area contributed by atoms with Gasteiger partial charge in [0.15, 0.2) is 0 Å². The zero-order valence-electron chi connectivity index (χ0n) is 9.27. The van der Waals surface area contributed by atoms with Crippen molar-refractivity contribution in [3.05, 3.63) is 29.8 Å². The molecule has 0 saturated heterocycles. The first-order valence-electron chi connectivity index (χ1n) is 4.79. The smallest absolute Gasteiger partial charge is 0.147 e. The van der Waals surface area contributed by atoms with E-state index in [0.717, 1.165) is 12.5 Å². The number of nitrogens with zero attached hydrogens (tertiary/aromatic N) is 1. The van der Waals surface area contributed by atoms with Gasteiger partial charge >= 0.3 is 0 Å². The van der Waals surface area contributed by atoms with E-state index in [2.05, 4.69) is 4.98 Å². The highest BCUT2D eigenvalue weighted by Gasteiger charge is 2.24. The molecule has 0 aliphatic carbocycles. The van der Waals surface area contributed by atoms with Crippen LogP contribution in [0.25, 0.3) is 0 Å². The van der Waals surface area contributed by atoms with E-state index in [-0.39, 0.29) is 12.2 Å². The first-order chi connectivity index (χ1) is 7.21. The first-order valence-corrected chi connectivity index (χ1v) is 6.85. The monoisotopic (exact) mass is 246 g/mol. The predicted molar refractivity (Wildman–Crippen MR) is 60.1 cm³/mol. The Morgan fingerprint density at radius 3 is 2.56 bits per heavy atom. The lowest BCUT2D eigenvalue weighted by Gasteiger charge is -2.23. The summed E-state index contributed by atoms with van der Waals surface area (Å²) in [5.74, 6) is -0.457. The summed E-state index contributed by atoms with van der Waals surface area (Å²) >= 11 is 0. The number of sulfone groups is 1. The molecule has 6 heteroatoms. The Morgan fingerprint density at radius 1 is 1.50 bits per heavy atom. The zero-order chi connectivity index (χ0) is 12.4. The number of pyridine rings is 1. The quantitative estimate of drug-likeness (QED) is 0.854. The first kappa shape index (κ1) is 13.1. The molecular weight excluding hydrogens is 231 g/mol. The number of aromatic nitrogens is 1. The van der Waals surface area contributed by atoms with Gasteiger partial charge in [0.1, 0.15) is 15.7 Å². The van der Waals surface area contributed by atoms with Crippen molar-refractivity contribution in [1.82, 2.24) is 4.98 Å². The fourth-order valence-corrected chi connectivity index (χ4v) is 2.03. The number of nitrogens with two attached hydrogens (primary N) is 1. The largest absolute Gasteiger partial charge is 0.320 e. The van der Waals surface area contributed by atoms with Gasteiger partial charge in [-0.05, 0) is 25.5 Å². The van der Waals surface area contributed by atoms with Crippen LogP contribution in [0.15, 0.2) is 18.3 Å². The molecule has 4 nitrogen and oxygen atoms in total. The standard InChI is InChI=1S/C10H15FN2O2S/c1-10(12,5-6-16(2,14)15)9-4-3-8(11)7-13-9/h3-4,7H,5-6,12H2,1-2H3. The molecular formula is C10H15FN2O2S. The molecule has 1 unspecified atom stereocenters. The van der Waals surface area contributed by atoms with Crippen molar-refractivity contribution in [1.29, 1.82) is 0 Å². The third-order valence-corrected chi connectivity index (χ3v) is 3.25. The highest BCUT2D eigenvalue weighted by molar-refractivity contribution is 7.90. The normalized spacial score (nSPS) is 15.8. The SMILES string of the molecule is CC(N)(CCS(C)(=O)=O)c1ccc(F)cn1. The predicted octanol–water partition coefficient (Wildman–Crippen LogP) is 0.829. The van der Waals surface area contributed by atoms with Gasteiger partial charge in [-0.3, -0.25) is 4.98 Å². The second-order valence-electron chi connectivity index (χ2n) is 4.16. The van der Waals surface area contributed by atoms with E-state index in [0.29, 0.717) is 5.69 Å². The van der Waals surface area contributed by atoms with Crippen molar-refractivity contribution in [2.45, 2.75) is 18.9 Å². The molecule has 1 atom stereocenters. The Hall–Kier alpha value is -1.01. The number of hydrogen-bond acceptors (Lipinski definition) is 4. The van der Waals surface area contributed by atoms with Crippen molar-refractivity contribution in [2.24, 2.45) is 5.73 Å². The van der Waals surface area contributed by atoms with Crippen LogP contribution in [0.1, 0.15) is 19.0 Å². The molecule has 16 heavy (non-hydrogen) atoms. The van der Waals surface area contributed by atoms with Crippen molar-refractivity contribution in [2.75, 3.05) is 12.0 Å². The molecule has 0 aromatic carbocycles. The average molecular weight is 246 g/mol. The lowest BCUT2D eigenvalue weighted by molar-refractivity contribution is 0.457. The molecule has 1 rings (SSSR count). The Morgan fingerprint density at radius 2 is 2.12 bits per heavy atom. The van der Waals surface area contributed by atoms with Crippen LogP contribution in [0.3, 0.4) is 0 Å². The van der Waals surface area contributed by atoms with Crippen LogP contribution in [-0.4, -0.2) is 25.4 Å². The maximum Gasteiger partial charge on any atom is 0.147 e. The minimum atomic E-state index is -3.06. The van der Waals surface area contributed by atoms with E-state index in [9.17, 15) is 12.8 Å². The molecule has 0 spiro atoms. The maximum absolute atomic E-state index is 12.7. The number of halogens is 1. The van der Waals surface area contributed by atoms with Gasteiger partial charge < -0.3 is 5.73 Å². The second kappa shape index (κ2) is 4.47. The van der Waals surface area contributed by atoms with Gasteiger partial charge in [-0.2, -0.15) is 0 Å². The van der Waals surface area contributed by atoms with Gasteiger partial charge in [-0.25, -0.2) is 12.8 Å². The highest BCUT2D eigenvalue weighted by atomic mass is 32.2. The van der Waals surface area contributed by atoms with E-state index in [4.69, 9.17) is 5.73 Å². The summed E-state index contributed by atoms with van der Waals surface area (Å²) in [6.45, 7) is 1.68. The summed E-state index contributed by atoms with van der Waals surface area (Å²) in [5.41, 5.74) is 5.57. The summed E-state index contributed by atoms with van der Waals surface area (Å²) in [4.78, 5) is 3.86. The Balaban J connectivity index is 2.81. The summed E-state index contributed by atoms with van der Waals surface area (Å²) < 4.78 is 34.7. The van der Waals surface area contributed by atoms with Crippen molar-refractivity contribution in [3.63, 3.8) is 0 Å². The molecule has 0 bridgehead atoms. The molecule has 0 fully saturated rings. The molecule has 1 heterocycles. The highest BCUT2D eigenvalue weighted by Crippen LogP contribution is 2.20. The molecule has 0 radical (unpaired) electrons. The van der Waals surface area contributed by atoms with Crippen LogP contribution in [0, 0.1) is 5.82 Å². The second-order valence-corrected chi connectivity index (χ2v) is 6.42. The molecule has 0 saturated carbocycles. The lowest BCUT2D eigenvalue weighted by Crippen LogP contribution is -2.36. The summed E-state index contributed by atoms with van der Waals surface area (Å²) in [6, 6.07) is 2.73. The van der Waals surface area contributed by atoms with Crippen molar-refractivity contribution in [3.8, 4) is 0 Å². The van der Waals surface area contributed by atoms with Gasteiger partial charge in [0.25, 0.3) is 0 Å². The van der Waals surface area contributed by atoms with Gasteiger partial charge in [-0.1, -0.05) is 0 Å². The lowest BCUT2D eigenvalue weighted by atomic mass is 9.95. The molecule has 1 aromatic heterocycles. The van der Waals surface area contributed by atoms with Crippen LogP contribution in [0.5, 0.6) is 0 Å². The Kier molecular flexibility index (Phi) is 3.64. The van der Waals surface area contributed by atoms with Crippen LogP contribution in [-0.2, 0) is 15.4 Å². The van der Waals surface area contributed by atoms with E-state index in [1.165, 1.54) is 12.1 Å². The fourth-order valence-electron chi connectivity index (χ4n) is 1.24. The van der Waals surface area contributed by atoms with E-state index >= 15 is 0 Å². The van der Waals surface area contributed by atoms with Crippen LogP contribution in [0.2, 0.25) is 0 Å². The molecule has 0 aliphatic rings. The minimum absolute atomic E-state index is 0.0148. The van der Waals surface area contributed by atoms with Gasteiger partial charge in [0.2, 0.25) is 0 Å². The van der Waals surface area contributed by atoms with Crippen LogP contribution < -0.4 is 5.73 Å². The van der Waals surface area contributed by atoms with Crippen molar-refractivity contribution >= 4 is 9.84 Å². The summed E-state index contributed by atoms with van der Waals surface area (Å²) in [6.07, 6.45) is 2.48. The van der Waals surface area contributed by atoms with Crippen molar-refractivity contribution < 1.29 is 12.8 Å². The Bertz CT molecular complexity index is 454. The molecule has 2 N–H and O–H groups in total. The van der Waals surface area contributed by atoms with E-state index in [1.807, 2.05) is 0 Å². The fraction of sp³-hybridized carbons (Fsp3) is 0.500. The molecule has 90 valence electrons. The van der Waals surface area contributed by atoms with Gasteiger partial charge in [-0.15, -0.1) is 0 Å². The zero-order valence-corrected chi connectivity index (χ0v) is 10.1. The van der Waals surface area contributed by atoms with E-state index in [1.54, 1.807) is 6.92 Å². The number of hydrogen-bond donors (Lipinski definition) is 1. The summed E-state index contributed by atoms with van der Waals surface area (Å²) in [5, 5.41) is 0. The van der Waals surface area contributed by atoms with E-state index < -0.39 is 21.2 Å². The average Bonchev–Trinajstić information content (AvgIpc) is 2.15. The van der Waals surface area contributed by atoms with Crippen LogP contribution in [0.4, 0.5) is 4.39 Å².